The maximum Gasteiger partial charge on any atom is 0.0544 e. The van der Waals surface area contributed by atoms with E-state index in [1.807, 2.05) is 0 Å². The van der Waals surface area contributed by atoms with Crippen molar-refractivity contribution >= 4 is 45.5 Å². The van der Waals surface area contributed by atoms with Crippen LogP contribution in [0.15, 0.2) is 158 Å². The van der Waals surface area contributed by atoms with E-state index in [0.29, 0.717) is 0 Å². The van der Waals surface area contributed by atoms with Gasteiger partial charge < -0.3 is 19.6 Å². The third kappa shape index (κ3) is 7.29. The van der Waals surface area contributed by atoms with Gasteiger partial charge in [0.15, 0.2) is 0 Å². The van der Waals surface area contributed by atoms with E-state index in [2.05, 4.69) is 260 Å². The molecule has 0 aliphatic carbocycles. The molecule has 394 valence electrons. The zero-order chi connectivity index (χ0) is 54.1. The van der Waals surface area contributed by atoms with Crippen molar-refractivity contribution in [2.75, 3.05) is 45.8 Å². The second kappa shape index (κ2) is 16.7. The summed E-state index contributed by atoms with van der Waals surface area (Å²) in [5.41, 5.74) is 29.6. The van der Waals surface area contributed by atoms with Gasteiger partial charge in [-0.3, -0.25) is 0 Å². The first-order valence-corrected chi connectivity index (χ1v) is 29.3. The Kier molecular flexibility index (Phi) is 10.6. The molecule has 0 radical (unpaired) electrons. The molecular weight excluding hydrogens is 945 g/mol. The van der Waals surface area contributed by atoms with Crippen LogP contribution in [0.25, 0.3) is 33.4 Å². The van der Waals surface area contributed by atoms with Crippen LogP contribution in [-0.4, -0.2) is 26.2 Å². The van der Waals surface area contributed by atoms with Gasteiger partial charge >= 0.3 is 0 Å². The van der Waals surface area contributed by atoms with Gasteiger partial charge in [-0.15, -0.1) is 0 Å². The molecule has 0 aromatic heterocycles. The number of benzene rings is 8. The lowest BCUT2D eigenvalue weighted by molar-refractivity contribution is 0.401. The summed E-state index contributed by atoms with van der Waals surface area (Å²) in [4.78, 5) is 10.4. The summed E-state index contributed by atoms with van der Waals surface area (Å²) in [6, 6.07) is 61.5. The van der Waals surface area contributed by atoms with Gasteiger partial charge in [0.05, 0.1) is 17.1 Å². The first-order chi connectivity index (χ1) is 37.1. The molecule has 8 aromatic rings. The van der Waals surface area contributed by atoms with Gasteiger partial charge in [0.25, 0.3) is 0 Å². The average molecular weight is 1020 g/mol. The second-order valence-electron chi connectivity index (χ2n) is 27.9. The third-order valence-electron chi connectivity index (χ3n) is 20.5. The minimum absolute atomic E-state index is 0.127. The molecular formula is C74H78N4. The molecule has 78 heavy (non-hydrogen) atoms. The highest BCUT2D eigenvalue weighted by Crippen LogP contribution is 2.61. The molecule has 0 unspecified atom stereocenters. The van der Waals surface area contributed by atoms with Crippen molar-refractivity contribution in [3.05, 3.63) is 202 Å². The SMILES string of the molecule is CC1(C)CCN2CCC(C)(C)c3cc(-c4ccc(N(c5ccc(-c6cc7c8c(c6)C(C)(C)CCN8CCC7(C)C)cc5)c5ccc(-c6cc7c8c(c6)C(C)(C)c6ccccc6N8c6ccccc6C7(C)C)cc5)cc4)cc1c32. The smallest absolute Gasteiger partial charge is 0.0544 e. The number of fused-ring (bicyclic) bond motifs is 4. The van der Waals surface area contributed by atoms with E-state index in [4.69, 9.17) is 0 Å². The van der Waals surface area contributed by atoms with Crippen LogP contribution < -0.4 is 19.6 Å². The lowest BCUT2D eigenvalue weighted by Crippen LogP contribution is -2.44. The topological polar surface area (TPSA) is 13.0 Å². The summed E-state index contributed by atoms with van der Waals surface area (Å²) in [7, 11) is 0. The van der Waals surface area contributed by atoms with Crippen LogP contribution in [0.1, 0.15) is 153 Å². The summed E-state index contributed by atoms with van der Waals surface area (Å²) >= 11 is 0. The summed E-state index contributed by atoms with van der Waals surface area (Å²) in [6.07, 6.45) is 4.73. The zero-order valence-electron chi connectivity index (χ0n) is 48.5. The Morgan fingerprint density at radius 1 is 0.295 bits per heavy atom. The highest BCUT2D eigenvalue weighted by atomic mass is 15.2. The Morgan fingerprint density at radius 2 is 0.577 bits per heavy atom. The van der Waals surface area contributed by atoms with E-state index in [9.17, 15) is 0 Å². The van der Waals surface area contributed by atoms with Crippen molar-refractivity contribution < 1.29 is 0 Å². The fourth-order valence-electron chi connectivity index (χ4n) is 15.1. The lowest BCUT2D eigenvalue weighted by atomic mass is 9.65. The molecule has 0 fully saturated rings. The molecule has 0 saturated heterocycles. The first-order valence-electron chi connectivity index (χ1n) is 29.3. The minimum atomic E-state index is -0.198. The molecule has 6 aliphatic rings. The summed E-state index contributed by atoms with van der Waals surface area (Å²) in [5, 5.41) is 0. The molecule has 6 aliphatic heterocycles. The predicted molar refractivity (Wildman–Crippen MR) is 331 cm³/mol. The second-order valence-corrected chi connectivity index (χ2v) is 27.9. The van der Waals surface area contributed by atoms with E-state index < -0.39 is 0 Å². The van der Waals surface area contributed by atoms with Crippen LogP contribution in [0.4, 0.5) is 45.5 Å². The standard InChI is InChI=1S/C74H78N4/c1-69(2)33-37-75-38-34-70(3,4)59-42-50(41-58(69)66(59)75)47-21-27-53(28-22-47)77(54-29-23-48(24-30-54)51-43-60-67-61(44-51)72(7,8)36-40-76(67)39-35-71(60,5)6)55-31-25-49(26-32-55)52-45-62-68-63(46-52)74(11,12)57-18-14-16-20-65(57)78(68)64-19-15-13-17-56(64)73(62,9)10/h13-32,41-46H,33-40H2,1-12H3. The average Bonchev–Trinajstić information content (AvgIpc) is 3.62. The molecule has 0 saturated carbocycles. The maximum absolute atomic E-state index is 2.68. The largest absolute Gasteiger partial charge is 0.371 e. The van der Waals surface area contributed by atoms with Crippen LogP contribution in [0, 0.1) is 0 Å². The van der Waals surface area contributed by atoms with Crippen LogP contribution in [-0.2, 0) is 32.5 Å². The van der Waals surface area contributed by atoms with Crippen molar-refractivity contribution in [2.45, 2.75) is 141 Å². The molecule has 0 bridgehead atoms. The van der Waals surface area contributed by atoms with Gasteiger partial charge in [-0.2, -0.15) is 0 Å². The number of rotatable bonds is 6. The molecule has 0 N–H and O–H groups in total. The molecule has 0 amide bonds. The van der Waals surface area contributed by atoms with Crippen LogP contribution >= 0.6 is 0 Å². The molecule has 0 spiro atoms. The van der Waals surface area contributed by atoms with Crippen LogP contribution in [0.5, 0.6) is 0 Å². The zero-order valence-corrected chi connectivity index (χ0v) is 48.5. The predicted octanol–water partition coefficient (Wildman–Crippen LogP) is 19.2. The van der Waals surface area contributed by atoms with Gasteiger partial charge in [-0.1, -0.05) is 156 Å². The van der Waals surface area contributed by atoms with E-state index in [1.165, 1.54) is 132 Å². The number of nitrogens with zero attached hydrogens (tertiary/aromatic N) is 4. The van der Waals surface area contributed by atoms with Crippen LogP contribution in [0.3, 0.4) is 0 Å². The van der Waals surface area contributed by atoms with Gasteiger partial charge in [0.2, 0.25) is 0 Å². The van der Waals surface area contributed by atoms with Crippen molar-refractivity contribution in [3.8, 4) is 33.4 Å². The Balaban J connectivity index is 0.880. The molecule has 4 heteroatoms. The van der Waals surface area contributed by atoms with E-state index in [0.717, 1.165) is 43.2 Å². The van der Waals surface area contributed by atoms with Crippen molar-refractivity contribution in [1.29, 1.82) is 0 Å². The number of hydrogen-bond donors (Lipinski definition) is 0. The third-order valence-corrected chi connectivity index (χ3v) is 20.5. The van der Waals surface area contributed by atoms with Crippen molar-refractivity contribution in [2.24, 2.45) is 0 Å². The number of para-hydroxylation sites is 2. The molecule has 6 heterocycles. The fraction of sp³-hybridized carbons (Fsp3) is 0.351. The molecule has 14 rings (SSSR count). The van der Waals surface area contributed by atoms with Gasteiger partial charge in [-0.05, 0) is 210 Å². The Labute approximate surface area is 465 Å². The molecule has 4 nitrogen and oxygen atoms in total. The maximum atomic E-state index is 2.68. The van der Waals surface area contributed by atoms with E-state index in [1.54, 1.807) is 0 Å². The first kappa shape index (κ1) is 49.3. The highest BCUT2D eigenvalue weighted by Gasteiger charge is 2.46. The number of anilines is 8. The highest BCUT2D eigenvalue weighted by molar-refractivity contribution is 5.95. The Morgan fingerprint density at radius 3 is 0.885 bits per heavy atom. The van der Waals surface area contributed by atoms with Gasteiger partial charge in [-0.25, -0.2) is 0 Å². The number of hydrogen-bond acceptors (Lipinski definition) is 4. The molecule has 0 atom stereocenters. The van der Waals surface area contributed by atoms with Crippen LogP contribution in [0.2, 0.25) is 0 Å². The fourth-order valence-corrected chi connectivity index (χ4v) is 15.1. The minimum Gasteiger partial charge on any atom is -0.371 e. The summed E-state index contributed by atoms with van der Waals surface area (Å²) < 4.78 is 0. The van der Waals surface area contributed by atoms with E-state index in [-0.39, 0.29) is 32.5 Å². The summed E-state index contributed by atoms with van der Waals surface area (Å²) in [6.45, 7) is 33.9. The monoisotopic (exact) mass is 1020 g/mol. The molecule has 8 aromatic carbocycles. The van der Waals surface area contributed by atoms with Crippen molar-refractivity contribution in [3.63, 3.8) is 0 Å². The van der Waals surface area contributed by atoms with Crippen molar-refractivity contribution in [1.82, 2.24) is 0 Å². The van der Waals surface area contributed by atoms with Gasteiger partial charge in [0.1, 0.15) is 0 Å². The Bertz CT molecular complexity index is 3450. The Hall–Kier alpha value is -7.04. The van der Waals surface area contributed by atoms with E-state index >= 15 is 0 Å². The van der Waals surface area contributed by atoms with Gasteiger partial charge in [0, 0.05) is 65.4 Å². The summed E-state index contributed by atoms with van der Waals surface area (Å²) in [5.74, 6) is 0. The lowest BCUT2D eigenvalue weighted by Gasteiger charge is -2.49. The normalized spacial score (nSPS) is 19.7. The quantitative estimate of drug-likeness (QED) is 0.165.